The van der Waals surface area contributed by atoms with Crippen LogP contribution in [0.15, 0.2) is 12.5 Å². The Labute approximate surface area is 127 Å². The van der Waals surface area contributed by atoms with Gasteiger partial charge < -0.3 is 4.90 Å². The fourth-order valence-corrected chi connectivity index (χ4v) is 3.51. The molecule has 0 bridgehead atoms. The lowest BCUT2D eigenvalue weighted by atomic mass is 9.94. The zero-order valence-electron chi connectivity index (χ0n) is 11.8. The van der Waals surface area contributed by atoms with E-state index in [9.17, 15) is 0 Å². The second-order valence-electron chi connectivity index (χ2n) is 5.38. The van der Waals surface area contributed by atoms with Crippen molar-refractivity contribution in [2.75, 3.05) is 16.8 Å². The molecule has 2 heterocycles. The van der Waals surface area contributed by atoms with Gasteiger partial charge in [0.2, 0.25) is 0 Å². The van der Waals surface area contributed by atoms with E-state index in [0.29, 0.717) is 6.04 Å². The summed E-state index contributed by atoms with van der Waals surface area (Å²) in [6, 6.07) is 0.597. The minimum absolute atomic E-state index is 0.597. The fourth-order valence-electron chi connectivity index (χ4n) is 3.12. The average Bonchev–Trinajstić information content (AvgIpc) is 2.88. The maximum atomic E-state index is 4.56. The van der Waals surface area contributed by atoms with E-state index in [0.717, 1.165) is 28.7 Å². The van der Waals surface area contributed by atoms with Crippen LogP contribution >= 0.6 is 15.9 Å². The predicted octanol–water partition coefficient (Wildman–Crippen LogP) is 2.90. The molecule has 0 saturated heterocycles. The van der Waals surface area contributed by atoms with E-state index in [1.807, 2.05) is 17.9 Å². The van der Waals surface area contributed by atoms with Crippen molar-refractivity contribution < 1.29 is 0 Å². The summed E-state index contributed by atoms with van der Waals surface area (Å²) in [7, 11) is 1.93. The van der Waals surface area contributed by atoms with Crippen molar-refractivity contribution in [1.29, 1.82) is 0 Å². The minimum Gasteiger partial charge on any atom is -0.352 e. The number of nitrogens with zero attached hydrogens (tertiary/aromatic N) is 5. The Morgan fingerprint density at radius 3 is 2.85 bits per heavy atom. The number of fused-ring (bicyclic) bond motifs is 1. The molecule has 0 atom stereocenters. The van der Waals surface area contributed by atoms with E-state index in [4.69, 9.17) is 0 Å². The van der Waals surface area contributed by atoms with E-state index < -0.39 is 0 Å². The van der Waals surface area contributed by atoms with Gasteiger partial charge >= 0.3 is 0 Å². The minimum atomic E-state index is 0.597. The van der Waals surface area contributed by atoms with Gasteiger partial charge in [0.15, 0.2) is 5.65 Å². The summed E-state index contributed by atoms with van der Waals surface area (Å²) in [4.78, 5) is 11.3. The van der Waals surface area contributed by atoms with Gasteiger partial charge in [-0.1, -0.05) is 35.2 Å². The summed E-state index contributed by atoms with van der Waals surface area (Å²) in [6.07, 6.45) is 10.1. The van der Waals surface area contributed by atoms with Gasteiger partial charge in [0, 0.05) is 25.0 Å². The zero-order chi connectivity index (χ0) is 13.9. The third-order valence-electron chi connectivity index (χ3n) is 4.12. The van der Waals surface area contributed by atoms with Crippen molar-refractivity contribution in [3.8, 4) is 0 Å². The second kappa shape index (κ2) is 6.08. The smallest absolute Gasteiger partial charge is 0.163 e. The molecule has 0 aliphatic heterocycles. The van der Waals surface area contributed by atoms with Gasteiger partial charge in [0.1, 0.15) is 12.1 Å². The lowest BCUT2D eigenvalue weighted by Gasteiger charge is -2.35. The molecule has 1 saturated carbocycles. The van der Waals surface area contributed by atoms with Crippen LogP contribution in [0.5, 0.6) is 0 Å². The zero-order valence-corrected chi connectivity index (χ0v) is 13.4. The Morgan fingerprint density at radius 2 is 2.10 bits per heavy atom. The molecular formula is C14H20BrN5. The van der Waals surface area contributed by atoms with Crippen molar-refractivity contribution in [3.05, 3.63) is 12.5 Å². The third kappa shape index (κ3) is 2.53. The molecule has 0 spiro atoms. The van der Waals surface area contributed by atoms with Crippen molar-refractivity contribution in [2.24, 2.45) is 7.05 Å². The average molecular weight is 338 g/mol. The van der Waals surface area contributed by atoms with Gasteiger partial charge in [0.25, 0.3) is 0 Å². The summed E-state index contributed by atoms with van der Waals surface area (Å²) in [6.45, 7) is 0.978. The standard InChI is InChI=1S/C14H20BrN5/c1-19-13-12(9-18-19)14(17-10-16-13)20(8-7-15)11-5-3-2-4-6-11/h9-11H,2-8H2,1H3. The Hall–Kier alpha value is -1.17. The van der Waals surface area contributed by atoms with Gasteiger partial charge in [-0.05, 0) is 12.8 Å². The molecule has 0 radical (unpaired) electrons. The van der Waals surface area contributed by atoms with Crippen LogP contribution < -0.4 is 4.90 Å². The molecule has 3 rings (SSSR count). The van der Waals surface area contributed by atoms with E-state index in [2.05, 4.69) is 35.9 Å². The topological polar surface area (TPSA) is 46.8 Å². The first kappa shape index (κ1) is 13.8. The van der Waals surface area contributed by atoms with Gasteiger partial charge in [-0.3, -0.25) is 4.68 Å². The summed E-state index contributed by atoms with van der Waals surface area (Å²) >= 11 is 3.58. The molecule has 1 fully saturated rings. The van der Waals surface area contributed by atoms with Crippen LogP contribution in [0.25, 0.3) is 11.0 Å². The van der Waals surface area contributed by atoms with E-state index in [-0.39, 0.29) is 0 Å². The molecule has 20 heavy (non-hydrogen) atoms. The van der Waals surface area contributed by atoms with Gasteiger partial charge in [0.05, 0.1) is 11.6 Å². The van der Waals surface area contributed by atoms with Crippen LogP contribution in [-0.2, 0) is 7.05 Å². The maximum Gasteiger partial charge on any atom is 0.163 e. The highest BCUT2D eigenvalue weighted by Crippen LogP contribution is 2.30. The van der Waals surface area contributed by atoms with Gasteiger partial charge in [-0.2, -0.15) is 5.10 Å². The van der Waals surface area contributed by atoms with E-state index in [1.165, 1.54) is 32.1 Å². The SMILES string of the molecule is Cn1ncc2c(N(CCBr)C3CCCCC3)ncnc21. The quantitative estimate of drug-likeness (QED) is 0.805. The first-order valence-corrected chi connectivity index (χ1v) is 8.38. The summed E-state index contributed by atoms with van der Waals surface area (Å²) in [5, 5.41) is 6.33. The van der Waals surface area contributed by atoms with E-state index >= 15 is 0 Å². The predicted molar refractivity (Wildman–Crippen MR) is 84.3 cm³/mol. The van der Waals surface area contributed by atoms with Crippen LogP contribution in [0.3, 0.4) is 0 Å². The largest absolute Gasteiger partial charge is 0.352 e. The highest BCUT2D eigenvalue weighted by molar-refractivity contribution is 9.09. The molecule has 6 heteroatoms. The van der Waals surface area contributed by atoms with Crippen LogP contribution in [0.4, 0.5) is 5.82 Å². The highest BCUT2D eigenvalue weighted by atomic mass is 79.9. The molecule has 0 N–H and O–H groups in total. The first-order valence-electron chi connectivity index (χ1n) is 7.26. The monoisotopic (exact) mass is 337 g/mol. The molecule has 2 aromatic heterocycles. The molecule has 0 aromatic carbocycles. The first-order chi connectivity index (χ1) is 9.81. The Kier molecular flexibility index (Phi) is 4.19. The number of anilines is 1. The molecule has 0 unspecified atom stereocenters. The van der Waals surface area contributed by atoms with Gasteiger partial charge in [-0.15, -0.1) is 0 Å². The molecule has 5 nitrogen and oxygen atoms in total. The number of alkyl halides is 1. The molecule has 108 valence electrons. The van der Waals surface area contributed by atoms with Crippen molar-refractivity contribution in [2.45, 2.75) is 38.1 Å². The summed E-state index contributed by atoms with van der Waals surface area (Å²) < 4.78 is 1.81. The Bertz CT molecular complexity index is 576. The highest BCUT2D eigenvalue weighted by Gasteiger charge is 2.24. The lowest BCUT2D eigenvalue weighted by Crippen LogP contribution is -2.38. The summed E-state index contributed by atoms with van der Waals surface area (Å²) in [5.74, 6) is 1.04. The third-order valence-corrected chi connectivity index (χ3v) is 4.48. The summed E-state index contributed by atoms with van der Waals surface area (Å²) in [5.41, 5.74) is 0.908. The van der Waals surface area contributed by atoms with E-state index in [1.54, 1.807) is 6.33 Å². The number of aryl methyl sites for hydroxylation is 1. The van der Waals surface area contributed by atoms with Crippen molar-refractivity contribution >= 4 is 32.8 Å². The number of hydrogen-bond acceptors (Lipinski definition) is 4. The fraction of sp³-hybridized carbons (Fsp3) is 0.643. The number of aromatic nitrogens is 4. The van der Waals surface area contributed by atoms with Crippen molar-refractivity contribution in [1.82, 2.24) is 19.7 Å². The number of rotatable bonds is 4. The maximum absolute atomic E-state index is 4.56. The van der Waals surface area contributed by atoms with Crippen LogP contribution in [0.2, 0.25) is 0 Å². The second-order valence-corrected chi connectivity index (χ2v) is 6.17. The normalized spacial score (nSPS) is 16.7. The molecular weight excluding hydrogens is 318 g/mol. The van der Waals surface area contributed by atoms with Gasteiger partial charge in [-0.25, -0.2) is 9.97 Å². The number of hydrogen-bond donors (Lipinski definition) is 0. The molecule has 0 amide bonds. The van der Waals surface area contributed by atoms with Crippen LogP contribution in [-0.4, -0.2) is 37.7 Å². The van der Waals surface area contributed by atoms with Crippen LogP contribution in [0.1, 0.15) is 32.1 Å². The van der Waals surface area contributed by atoms with Crippen LogP contribution in [0, 0.1) is 0 Å². The van der Waals surface area contributed by atoms with Crippen molar-refractivity contribution in [3.63, 3.8) is 0 Å². The molecule has 1 aliphatic rings. The molecule has 2 aromatic rings. The Balaban J connectivity index is 2.00. The Morgan fingerprint density at radius 1 is 1.30 bits per heavy atom. The molecule has 1 aliphatic carbocycles. The lowest BCUT2D eigenvalue weighted by molar-refractivity contribution is 0.417. The number of halogens is 1.